The Hall–Kier alpha value is 0.397. The zero-order valence-electron chi connectivity index (χ0n) is 12.5. The van der Waals surface area contributed by atoms with Crippen molar-refractivity contribution < 1.29 is 23.2 Å². The standard InChI is InChI=1S/C11H22Cl3NO5Si/c1-10(17,11(12,13)14)8-9(16)15-6-5-7-21(18-2,19-3)20-4/h17H,5-8H2,1-4H3,(H,15,16). The first kappa shape index (κ1) is 21.4. The van der Waals surface area contributed by atoms with E-state index < -0.39 is 24.1 Å². The first-order valence-corrected chi connectivity index (χ1v) is 9.31. The molecule has 10 heteroatoms. The highest BCUT2D eigenvalue weighted by atomic mass is 35.6. The van der Waals surface area contributed by atoms with E-state index in [9.17, 15) is 9.90 Å². The smallest absolute Gasteiger partial charge is 0.385 e. The van der Waals surface area contributed by atoms with Gasteiger partial charge in [-0.05, 0) is 13.3 Å². The zero-order chi connectivity index (χ0) is 16.7. The number of aliphatic hydroxyl groups is 1. The number of rotatable bonds is 9. The third-order valence-corrected chi connectivity index (χ3v) is 7.08. The van der Waals surface area contributed by atoms with Gasteiger partial charge in [-0.2, -0.15) is 0 Å². The Balaban J connectivity index is 4.17. The van der Waals surface area contributed by atoms with Crippen molar-refractivity contribution in [2.75, 3.05) is 27.9 Å². The second kappa shape index (κ2) is 8.88. The van der Waals surface area contributed by atoms with Crippen LogP contribution in [0.3, 0.4) is 0 Å². The normalized spacial score (nSPS) is 15.6. The minimum absolute atomic E-state index is 0.315. The largest absolute Gasteiger partial charge is 0.500 e. The maximum absolute atomic E-state index is 11.7. The van der Waals surface area contributed by atoms with E-state index >= 15 is 0 Å². The first-order chi connectivity index (χ1) is 9.53. The Morgan fingerprint density at radius 1 is 1.19 bits per heavy atom. The Bertz CT molecular complexity index is 326. The summed E-state index contributed by atoms with van der Waals surface area (Å²) in [6, 6.07) is 0.553. The van der Waals surface area contributed by atoms with Crippen molar-refractivity contribution in [3.8, 4) is 0 Å². The van der Waals surface area contributed by atoms with Crippen LogP contribution in [0.4, 0.5) is 0 Å². The molecule has 126 valence electrons. The van der Waals surface area contributed by atoms with Gasteiger partial charge in [0.15, 0.2) is 0 Å². The molecule has 1 atom stereocenters. The Morgan fingerprint density at radius 3 is 2.05 bits per heavy atom. The van der Waals surface area contributed by atoms with Gasteiger partial charge in [-0.1, -0.05) is 34.8 Å². The average Bonchev–Trinajstić information content (AvgIpc) is 2.38. The Kier molecular flexibility index (Phi) is 9.05. The first-order valence-electron chi connectivity index (χ1n) is 6.25. The topological polar surface area (TPSA) is 77.0 Å². The van der Waals surface area contributed by atoms with Gasteiger partial charge < -0.3 is 23.7 Å². The molecule has 0 radical (unpaired) electrons. The van der Waals surface area contributed by atoms with Crippen LogP contribution in [-0.4, -0.2) is 57.1 Å². The van der Waals surface area contributed by atoms with Crippen LogP contribution in [0.1, 0.15) is 19.8 Å². The van der Waals surface area contributed by atoms with Crippen LogP contribution >= 0.6 is 34.8 Å². The summed E-state index contributed by atoms with van der Waals surface area (Å²) < 4.78 is 13.8. The molecular formula is C11H22Cl3NO5Si. The second-order valence-corrected chi connectivity index (χ2v) is 10.1. The van der Waals surface area contributed by atoms with Crippen molar-refractivity contribution in [2.24, 2.45) is 0 Å². The maximum atomic E-state index is 11.7. The van der Waals surface area contributed by atoms with E-state index in [-0.39, 0.29) is 6.42 Å². The monoisotopic (exact) mass is 381 g/mol. The summed E-state index contributed by atoms with van der Waals surface area (Å²) in [7, 11) is 1.94. The number of carbonyl (C=O) groups is 1. The van der Waals surface area contributed by atoms with Crippen LogP contribution < -0.4 is 5.32 Å². The molecule has 6 nitrogen and oxygen atoms in total. The fraction of sp³-hybridized carbons (Fsp3) is 0.909. The Morgan fingerprint density at radius 2 is 1.67 bits per heavy atom. The number of carbonyl (C=O) groups excluding carboxylic acids is 1. The number of alkyl halides is 3. The number of halogens is 3. The van der Waals surface area contributed by atoms with Gasteiger partial charge in [0.05, 0.1) is 6.42 Å². The Labute approximate surface area is 141 Å². The lowest BCUT2D eigenvalue weighted by molar-refractivity contribution is -0.125. The minimum Gasteiger partial charge on any atom is -0.385 e. The van der Waals surface area contributed by atoms with Gasteiger partial charge in [0.1, 0.15) is 5.60 Å². The highest BCUT2D eigenvalue weighted by molar-refractivity contribution is 6.68. The van der Waals surface area contributed by atoms with Crippen LogP contribution in [0, 0.1) is 0 Å². The summed E-state index contributed by atoms with van der Waals surface area (Å²) >= 11 is 16.8. The van der Waals surface area contributed by atoms with Crippen molar-refractivity contribution in [3.63, 3.8) is 0 Å². The molecule has 0 saturated carbocycles. The molecule has 0 aromatic rings. The van der Waals surface area contributed by atoms with Crippen LogP contribution in [0.5, 0.6) is 0 Å². The molecule has 21 heavy (non-hydrogen) atoms. The quantitative estimate of drug-likeness (QED) is 0.362. The summed E-state index contributed by atoms with van der Waals surface area (Å²) in [6.45, 7) is 1.66. The molecule has 0 aromatic carbocycles. The summed E-state index contributed by atoms with van der Waals surface area (Å²) in [5, 5.41) is 12.5. The molecule has 1 unspecified atom stereocenters. The van der Waals surface area contributed by atoms with E-state index in [1.807, 2.05) is 0 Å². The molecule has 0 aliphatic rings. The average molecular weight is 383 g/mol. The van der Waals surface area contributed by atoms with Gasteiger partial charge in [-0.3, -0.25) is 4.79 Å². The van der Waals surface area contributed by atoms with Gasteiger partial charge >= 0.3 is 8.80 Å². The van der Waals surface area contributed by atoms with E-state index in [0.717, 1.165) is 0 Å². The van der Waals surface area contributed by atoms with Gasteiger partial charge in [0.2, 0.25) is 9.70 Å². The van der Waals surface area contributed by atoms with Crippen molar-refractivity contribution >= 4 is 49.5 Å². The molecule has 1 amide bonds. The van der Waals surface area contributed by atoms with Gasteiger partial charge in [-0.25, -0.2) is 0 Å². The predicted octanol–water partition coefficient (Wildman–Crippen LogP) is 1.88. The molecule has 2 N–H and O–H groups in total. The third-order valence-electron chi connectivity index (χ3n) is 3.03. The van der Waals surface area contributed by atoms with Gasteiger partial charge in [0.25, 0.3) is 0 Å². The van der Waals surface area contributed by atoms with Crippen LogP contribution in [-0.2, 0) is 18.1 Å². The number of hydrogen-bond acceptors (Lipinski definition) is 5. The molecule has 0 saturated heterocycles. The molecule has 0 aliphatic carbocycles. The van der Waals surface area contributed by atoms with Crippen molar-refractivity contribution in [1.82, 2.24) is 5.32 Å². The van der Waals surface area contributed by atoms with Gasteiger partial charge in [0, 0.05) is 33.9 Å². The predicted molar refractivity (Wildman–Crippen MR) is 84.7 cm³/mol. The lowest BCUT2D eigenvalue weighted by Gasteiger charge is -2.30. The number of hydrogen-bond donors (Lipinski definition) is 2. The lowest BCUT2D eigenvalue weighted by Crippen LogP contribution is -2.45. The third kappa shape index (κ3) is 7.00. The molecule has 0 aliphatic heterocycles. The summed E-state index contributed by atoms with van der Waals surface area (Å²) in [5.41, 5.74) is -1.74. The maximum Gasteiger partial charge on any atom is 0.500 e. The minimum atomic E-state index is -2.63. The fourth-order valence-electron chi connectivity index (χ4n) is 1.56. The molecular weight excluding hydrogens is 361 g/mol. The van der Waals surface area contributed by atoms with E-state index in [2.05, 4.69) is 5.32 Å². The van der Waals surface area contributed by atoms with Crippen LogP contribution in [0.2, 0.25) is 6.04 Å². The van der Waals surface area contributed by atoms with Crippen molar-refractivity contribution in [1.29, 1.82) is 0 Å². The summed E-state index contributed by atoms with van der Waals surface area (Å²) in [4.78, 5) is 11.7. The molecule has 0 rings (SSSR count). The molecule has 0 fully saturated rings. The van der Waals surface area contributed by atoms with Crippen LogP contribution in [0.15, 0.2) is 0 Å². The van der Waals surface area contributed by atoms with E-state index in [1.165, 1.54) is 28.3 Å². The van der Waals surface area contributed by atoms with E-state index in [4.69, 9.17) is 48.1 Å². The lowest BCUT2D eigenvalue weighted by atomic mass is 10.0. The highest BCUT2D eigenvalue weighted by Crippen LogP contribution is 2.39. The number of nitrogens with one attached hydrogen (secondary N) is 1. The molecule has 0 aromatic heterocycles. The van der Waals surface area contributed by atoms with Crippen molar-refractivity contribution in [2.45, 2.75) is 35.2 Å². The molecule has 0 spiro atoms. The molecule has 0 bridgehead atoms. The van der Waals surface area contributed by atoms with Gasteiger partial charge in [-0.15, -0.1) is 0 Å². The van der Waals surface area contributed by atoms with E-state index in [1.54, 1.807) is 0 Å². The van der Waals surface area contributed by atoms with Crippen LogP contribution in [0.25, 0.3) is 0 Å². The zero-order valence-corrected chi connectivity index (χ0v) is 15.8. The van der Waals surface area contributed by atoms with Crippen molar-refractivity contribution in [3.05, 3.63) is 0 Å². The van der Waals surface area contributed by atoms with E-state index in [0.29, 0.717) is 19.0 Å². The number of amides is 1. The highest BCUT2D eigenvalue weighted by Gasteiger charge is 2.44. The summed E-state index contributed by atoms with van der Waals surface area (Å²) in [6.07, 6.45) is 0.286. The second-order valence-electron chi connectivity index (χ2n) is 4.70. The fourth-order valence-corrected chi connectivity index (χ4v) is 3.49. The summed E-state index contributed by atoms with van der Waals surface area (Å²) in [5.74, 6) is -0.411. The molecule has 0 heterocycles. The SMILES string of the molecule is CO[Si](CCCNC(=O)CC(C)(O)C(Cl)(Cl)Cl)(OC)OC.